The van der Waals surface area contributed by atoms with Gasteiger partial charge >= 0.3 is 6.03 Å². The summed E-state index contributed by atoms with van der Waals surface area (Å²) in [4.78, 5) is 40.2. The highest BCUT2D eigenvalue weighted by Gasteiger charge is 2.50. The molecule has 2 fully saturated rings. The zero-order valence-electron chi connectivity index (χ0n) is 13.0. The lowest BCUT2D eigenvalue weighted by Gasteiger charge is -2.36. The lowest BCUT2D eigenvalue weighted by Crippen LogP contribution is -2.65. The SMILES string of the molecule is O=C1N[C@@H]2CCN(C(=O)c3ccco3)[C@@H]2C(=O)N1c1ccc(F)cc1. The standard InChI is InChI=1S/C17H14FN3O4/c18-10-3-5-11(6-4-10)21-16(23)14-12(19-17(21)24)7-8-20(14)15(22)13-2-1-9-25-13/h1-6,9,12,14H,7-8H2,(H,19,24)/t12-,14+/m1/s1. The molecule has 0 aliphatic carbocycles. The van der Waals surface area contributed by atoms with Gasteiger partial charge in [-0.25, -0.2) is 14.1 Å². The Kier molecular flexibility index (Phi) is 3.52. The van der Waals surface area contributed by atoms with Crippen molar-refractivity contribution in [1.82, 2.24) is 10.2 Å². The van der Waals surface area contributed by atoms with Crippen LogP contribution < -0.4 is 10.2 Å². The van der Waals surface area contributed by atoms with Crippen molar-refractivity contribution in [3.05, 3.63) is 54.2 Å². The zero-order chi connectivity index (χ0) is 17.6. The molecule has 2 aliphatic heterocycles. The molecule has 1 aromatic heterocycles. The molecular formula is C17H14FN3O4. The summed E-state index contributed by atoms with van der Waals surface area (Å²) in [6.45, 7) is 0.331. The molecule has 4 amide bonds. The van der Waals surface area contributed by atoms with Crippen LogP contribution in [0.5, 0.6) is 0 Å². The molecule has 7 nitrogen and oxygen atoms in total. The number of hydrogen-bond acceptors (Lipinski definition) is 4. The van der Waals surface area contributed by atoms with Gasteiger partial charge in [-0.05, 0) is 42.8 Å². The number of carbonyl (C=O) groups excluding carboxylic acids is 3. The lowest BCUT2D eigenvalue weighted by molar-refractivity contribution is -0.122. The van der Waals surface area contributed by atoms with Crippen molar-refractivity contribution in [2.24, 2.45) is 0 Å². The highest BCUT2D eigenvalue weighted by molar-refractivity contribution is 6.19. The summed E-state index contributed by atoms with van der Waals surface area (Å²) < 4.78 is 18.2. The van der Waals surface area contributed by atoms with Crippen molar-refractivity contribution in [1.29, 1.82) is 0 Å². The minimum Gasteiger partial charge on any atom is -0.459 e. The molecule has 2 atom stereocenters. The molecular weight excluding hydrogens is 329 g/mol. The Morgan fingerprint density at radius 3 is 2.64 bits per heavy atom. The van der Waals surface area contributed by atoms with E-state index in [0.29, 0.717) is 13.0 Å². The number of likely N-dealkylation sites (tertiary alicyclic amines) is 1. The van der Waals surface area contributed by atoms with Crippen molar-refractivity contribution in [2.75, 3.05) is 11.4 Å². The van der Waals surface area contributed by atoms with E-state index in [4.69, 9.17) is 4.42 Å². The molecule has 0 unspecified atom stereocenters. The Balaban J connectivity index is 1.65. The van der Waals surface area contributed by atoms with Gasteiger partial charge in [-0.1, -0.05) is 0 Å². The fourth-order valence-electron chi connectivity index (χ4n) is 3.31. The number of nitrogens with one attached hydrogen (secondary N) is 1. The molecule has 1 N–H and O–H groups in total. The summed E-state index contributed by atoms with van der Waals surface area (Å²) >= 11 is 0. The number of urea groups is 1. The van der Waals surface area contributed by atoms with Gasteiger partial charge in [0.2, 0.25) is 0 Å². The largest absolute Gasteiger partial charge is 0.459 e. The Hall–Kier alpha value is -3.16. The molecule has 25 heavy (non-hydrogen) atoms. The van der Waals surface area contributed by atoms with E-state index in [-0.39, 0.29) is 11.4 Å². The van der Waals surface area contributed by atoms with Gasteiger partial charge in [-0.3, -0.25) is 9.59 Å². The second-order valence-corrected chi connectivity index (χ2v) is 5.92. The van der Waals surface area contributed by atoms with Crippen LogP contribution in [0, 0.1) is 5.82 Å². The van der Waals surface area contributed by atoms with Crippen molar-refractivity contribution >= 4 is 23.5 Å². The first kappa shape index (κ1) is 15.4. The number of halogens is 1. The predicted molar refractivity (Wildman–Crippen MR) is 84.4 cm³/mol. The van der Waals surface area contributed by atoms with E-state index >= 15 is 0 Å². The van der Waals surface area contributed by atoms with Gasteiger partial charge in [0.15, 0.2) is 5.76 Å². The van der Waals surface area contributed by atoms with Crippen LogP contribution in [0.2, 0.25) is 0 Å². The van der Waals surface area contributed by atoms with E-state index in [2.05, 4.69) is 5.32 Å². The first-order valence-corrected chi connectivity index (χ1v) is 7.81. The lowest BCUT2D eigenvalue weighted by atomic mass is 10.0. The molecule has 0 spiro atoms. The van der Waals surface area contributed by atoms with Gasteiger partial charge < -0.3 is 14.6 Å². The maximum atomic E-state index is 13.1. The molecule has 8 heteroatoms. The van der Waals surface area contributed by atoms with E-state index in [1.165, 1.54) is 41.5 Å². The van der Waals surface area contributed by atoms with Crippen LogP contribution >= 0.6 is 0 Å². The molecule has 1 aromatic carbocycles. The third-order valence-electron chi connectivity index (χ3n) is 4.46. The van der Waals surface area contributed by atoms with Gasteiger partial charge in [-0.15, -0.1) is 0 Å². The summed E-state index contributed by atoms with van der Waals surface area (Å²) in [5.41, 5.74) is 0.250. The van der Waals surface area contributed by atoms with E-state index < -0.39 is 35.7 Å². The Morgan fingerprint density at radius 1 is 1.20 bits per heavy atom. The van der Waals surface area contributed by atoms with E-state index in [9.17, 15) is 18.8 Å². The number of rotatable bonds is 2. The first-order chi connectivity index (χ1) is 12.1. The normalized spacial score (nSPS) is 22.8. The molecule has 2 saturated heterocycles. The number of fused-ring (bicyclic) bond motifs is 1. The van der Waals surface area contributed by atoms with E-state index in [0.717, 1.165) is 4.90 Å². The summed E-state index contributed by atoms with van der Waals surface area (Å²) in [6.07, 6.45) is 1.86. The summed E-state index contributed by atoms with van der Waals surface area (Å²) in [6, 6.07) is 6.31. The van der Waals surface area contributed by atoms with Crippen LogP contribution in [0.1, 0.15) is 17.0 Å². The van der Waals surface area contributed by atoms with Gasteiger partial charge in [0.05, 0.1) is 18.0 Å². The smallest absolute Gasteiger partial charge is 0.329 e. The zero-order valence-corrected chi connectivity index (χ0v) is 13.0. The predicted octanol–water partition coefficient (Wildman–Crippen LogP) is 1.76. The number of anilines is 1. The third-order valence-corrected chi connectivity index (χ3v) is 4.46. The quantitative estimate of drug-likeness (QED) is 0.901. The fraction of sp³-hybridized carbons (Fsp3) is 0.235. The maximum absolute atomic E-state index is 13.1. The molecule has 2 aromatic rings. The molecule has 0 radical (unpaired) electrons. The number of carbonyl (C=O) groups is 3. The Bertz CT molecular complexity index is 834. The van der Waals surface area contributed by atoms with Crippen LogP contribution in [0.15, 0.2) is 47.1 Å². The number of hydrogen-bond donors (Lipinski definition) is 1. The molecule has 4 rings (SSSR count). The van der Waals surface area contributed by atoms with Crippen molar-refractivity contribution in [2.45, 2.75) is 18.5 Å². The molecule has 0 saturated carbocycles. The number of furan rings is 1. The second-order valence-electron chi connectivity index (χ2n) is 5.92. The summed E-state index contributed by atoms with van der Waals surface area (Å²) in [5.74, 6) is -1.25. The minimum absolute atomic E-state index is 0.138. The topological polar surface area (TPSA) is 82.9 Å². The summed E-state index contributed by atoms with van der Waals surface area (Å²) in [7, 11) is 0. The number of nitrogens with zero attached hydrogens (tertiary/aromatic N) is 2. The number of amides is 4. The Labute approximate surface area is 142 Å². The minimum atomic E-state index is -0.819. The summed E-state index contributed by atoms with van der Waals surface area (Å²) in [5, 5.41) is 2.75. The van der Waals surface area contributed by atoms with Crippen molar-refractivity contribution in [3.8, 4) is 0 Å². The highest BCUT2D eigenvalue weighted by Crippen LogP contribution is 2.29. The van der Waals surface area contributed by atoms with Crippen molar-refractivity contribution in [3.63, 3.8) is 0 Å². The fourth-order valence-corrected chi connectivity index (χ4v) is 3.31. The number of benzene rings is 1. The average molecular weight is 343 g/mol. The molecule has 128 valence electrons. The van der Waals surface area contributed by atoms with E-state index in [1.54, 1.807) is 6.07 Å². The van der Waals surface area contributed by atoms with Crippen LogP contribution in [-0.2, 0) is 4.79 Å². The molecule has 3 heterocycles. The van der Waals surface area contributed by atoms with Crippen molar-refractivity contribution < 1.29 is 23.2 Å². The van der Waals surface area contributed by atoms with Gasteiger partial charge in [0.1, 0.15) is 11.9 Å². The molecule has 0 bridgehead atoms. The van der Waals surface area contributed by atoms with Crippen LogP contribution in [-0.4, -0.2) is 41.4 Å². The maximum Gasteiger partial charge on any atom is 0.329 e. The van der Waals surface area contributed by atoms with Crippen LogP contribution in [0.4, 0.5) is 14.9 Å². The Morgan fingerprint density at radius 2 is 1.96 bits per heavy atom. The van der Waals surface area contributed by atoms with Gasteiger partial charge in [-0.2, -0.15) is 0 Å². The average Bonchev–Trinajstić information content (AvgIpc) is 3.25. The molecule has 2 aliphatic rings. The number of imide groups is 1. The second kappa shape index (κ2) is 5.73. The van der Waals surface area contributed by atoms with Gasteiger partial charge in [0.25, 0.3) is 11.8 Å². The van der Waals surface area contributed by atoms with Crippen LogP contribution in [0.3, 0.4) is 0 Å². The monoisotopic (exact) mass is 343 g/mol. The highest BCUT2D eigenvalue weighted by atomic mass is 19.1. The third kappa shape index (κ3) is 2.46. The van der Waals surface area contributed by atoms with Gasteiger partial charge in [0, 0.05) is 6.54 Å². The van der Waals surface area contributed by atoms with E-state index in [1.807, 2.05) is 0 Å². The first-order valence-electron chi connectivity index (χ1n) is 7.81. The van der Waals surface area contributed by atoms with Crippen LogP contribution in [0.25, 0.3) is 0 Å².